The fraction of sp³-hybridized carbons (Fsp3) is 0.214. The smallest absolute Gasteiger partial charge is 0.346 e. The van der Waals surface area contributed by atoms with Gasteiger partial charge in [-0.05, 0) is 23.1 Å². The van der Waals surface area contributed by atoms with Crippen LogP contribution in [0.4, 0.5) is 5.69 Å². The molecule has 0 radical (unpaired) electrons. The molecule has 0 saturated carbocycles. The van der Waals surface area contributed by atoms with E-state index in [4.69, 9.17) is 26.2 Å². The second-order valence-corrected chi connectivity index (χ2v) is 5.44. The van der Waals surface area contributed by atoms with E-state index >= 15 is 0 Å². The summed E-state index contributed by atoms with van der Waals surface area (Å²) in [6.45, 7) is 0.365. The van der Waals surface area contributed by atoms with Gasteiger partial charge in [0.1, 0.15) is 16.4 Å². The van der Waals surface area contributed by atoms with E-state index in [1.54, 1.807) is 30.7 Å². The number of carboxylic acids is 1. The highest BCUT2D eigenvalue weighted by atomic mass is 35.5. The molecule has 0 atom stereocenters. The second-order valence-electron chi connectivity index (χ2n) is 4.12. The van der Waals surface area contributed by atoms with Gasteiger partial charge < -0.3 is 19.9 Å². The second kappa shape index (κ2) is 6.69. The zero-order chi connectivity index (χ0) is 15.4. The van der Waals surface area contributed by atoms with Gasteiger partial charge in [-0.1, -0.05) is 11.6 Å². The average Bonchev–Trinajstić information content (AvgIpc) is 2.93. The zero-order valence-electron chi connectivity index (χ0n) is 11.5. The molecule has 2 rings (SSSR count). The Bertz CT molecular complexity index is 656. The number of benzene rings is 1. The van der Waals surface area contributed by atoms with Crippen molar-refractivity contribution in [2.24, 2.45) is 0 Å². The first-order valence-electron chi connectivity index (χ1n) is 6.02. The predicted octanol–water partition coefficient (Wildman–Crippen LogP) is 3.73. The number of thiophene rings is 1. The summed E-state index contributed by atoms with van der Waals surface area (Å²) in [6, 6.07) is 5.14. The van der Waals surface area contributed by atoms with Crippen LogP contribution in [0.25, 0.3) is 0 Å². The molecule has 1 heterocycles. The Morgan fingerprint density at radius 3 is 2.67 bits per heavy atom. The maximum atomic E-state index is 11.1. The third kappa shape index (κ3) is 3.40. The van der Waals surface area contributed by atoms with Crippen LogP contribution in [0.1, 0.15) is 15.2 Å². The molecule has 0 spiro atoms. The van der Waals surface area contributed by atoms with Gasteiger partial charge in [-0.3, -0.25) is 0 Å². The lowest BCUT2D eigenvalue weighted by molar-refractivity contribution is 0.0701. The first-order chi connectivity index (χ1) is 10.1. The number of anilines is 1. The molecule has 0 aliphatic heterocycles. The summed E-state index contributed by atoms with van der Waals surface area (Å²) < 4.78 is 10.4. The van der Waals surface area contributed by atoms with Gasteiger partial charge in [0.25, 0.3) is 0 Å². The molecule has 0 fully saturated rings. The van der Waals surface area contributed by atoms with Gasteiger partial charge >= 0.3 is 5.97 Å². The number of halogens is 1. The van der Waals surface area contributed by atoms with Crippen LogP contribution in [-0.2, 0) is 6.54 Å². The van der Waals surface area contributed by atoms with E-state index in [0.29, 0.717) is 39.2 Å². The van der Waals surface area contributed by atoms with Gasteiger partial charge in [-0.25, -0.2) is 4.79 Å². The minimum Gasteiger partial charge on any atom is -0.495 e. The third-order valence-electron chi connectivity index (χ3n) is 2.88. The van der Waals surface area contributed by atoms with E-state index in [1.165, 1.54) is 18.4 Å². The van der Waals surface area contributed by atoms with Crippen molar-refractivity contribution in [2.45, 2.75) is 6.54 Å². The molecule has 0 unspecified atom stereocenters. The van der Waals surface area contributed by atoms with Crippen molar-refractivity contribution in [2.75, 3.05) is 19.5 Å². The predicted molar refractivity (Wildman–Crippen MR) is 83.2 cm³/mol. The Kier molecular flexibility index (Phi) is 4.93. The number of rotatable bonds is 6. The van der Waals surface area contributed by atoms with E-state index < -0.39 is 5.97 Å². The molecule has 0 bridgehead atoms. The van der Waals surface area contributed by atoms with Crippen LogP contribution < -0.4 is 14.8 Å². The fourth-order valence-electron chi connectivity index (χ4n) is 1.85. The van der Waals surface area contributed by atoms with Crippen molar-refractivity contribution in [3.8, 4) is 11.5 Å². The number of ether oxygens (including phenoxy) is 2. The number of carboxylic acid groups (broad SMARTS) is 1. The molecule has 7 heteroatoms. The van der Waals surface area contributed by atoms with Crippen LogP contribution in [0, 0.1) is 0 Å². The zero-order valence-corrected chi connectivity index (χ0v) is 13.0. The maximum absolute atomic E-state index is 11.1. The third-order valence-corrected chi connectivity index (χ3v) is 4.12. The quantitative estimate of drug-likeness (QED) is 0.846. The monoisotopic (exact) mass is 327 g/mol. The topological polar surface area (TPSA) is 67.8 Å². The summed E-state index contributed by atoms with van der Waals surface area (Å²) in [7, 11) is 3.07. The van der Waals surface area contributed by atoms with E-state index in [0.717, 1.165) is 0 Å². The minimum atomic E-state index is -0.929. The van der Waals surface area contributed by atoms with Gasteiger partial charge in [-0.15, -0.1) is 11.3 Å². The summed E-state index contributed by atoms with van der Waals surface area (Å²) in [5.74, 6) is 0.158. The summed E-state index contributed by atoms with van der Waals surface area (Å²) >= 11 is 7.28. The largest absolute Gasteiger partial charge is 0.495 e. The van der Waals surface area contributed by atoms with Gasteiger partial charge in [0, 0.05) is 12.6 Å². The normalized spacial score (nSPS) is 10.2. The molecule has 0 amide bonds. The summed E-state index contributed by atoms with van der Waals surface area (Å²) in [4.78, 5) is 11.4. The lowest BCUT2D eigenvalue weighted by atomic mass is 10.2. The van der Waals surface area contributed by atoms with Crippen LogP contribution in [0.15, 0.2) is 23.6 Å². The molecule has 2 aromatic rings. The molecule has 2 N–H and O–H groups in total. The van der Waals surface area contributed by atoms with Gasteiger partial charge in [0.15, 0.2) is 0 Å². The maximum Gasteiger partial charge on any atom is 0.346 e. The number of hydrogen-bond donors (Lipinski definition) is 2. The van der Waals surface area contributed by atoms with E-state index in [1.807, 2.05) is 0 Å². The van der Waals surface area contributed by atoms with Gasteiger partial charge in [0.05, 0.1) is 24.9 Å². The number of carbonyl (C=O) groups is 1. The van der Waals surface area contributed by atoms with E-state index in [9.17, 15) is 4.79 Å². The standard InChI is InChI=1S/C14H14ClNO4S/c1-19-11-6-12(20-2)10(5-9(11)15)16-7-8-3-4-21-13(8)14(17)18/h3-6,16H,7H2,1-2H3,(H,17,18). The molecular formula is C14H14ClNO4S. The summed E-state index contributed by atoms with van der Waals surface area (Å²) in [5.41, 5.74) is 1.38. The minimum absolute atomic E-state index is 0.320. The van der Waals surface area contributed by atoms with Crippen molar-refractivity contribution < 1.29 is 19.4 Å². The summed E-state index contributed by atoms with van der Waals surface area (Å²) in [5, 5.41) is 14.4. The number of aromatic carboxylic acids is 1. The Hall–Kier alpha value is -1.92. The molecule has 1 aromatic carbocycles. The van der Waals surface area contributed by atoms with E-state index in [-0.39, 0.29) is 0 Å². The lowest BCUT2D eigenvalue weighted by Crippen LogP contribution is -2.05. The van der Waals surface area contributed by atoms with Crippen molar-refractivity contribution in [3.05, 3.63) is 39.0 Å². The van der Waals surface area contributed by atoms with Crippen LogP contribution in [0.2, 0.25) is 5.02 Å². The molecule has 0 saturated heterocycles. The van der Waals surface area contributed by atoms with Crippen LogP contribution in [0.3, 0.4) is 0 Å². The Labute approximate surface area is 131 Å². The first-order valence-corrected chi connectivity index (χ1v) is 7.27. The number of methoxy groups -OCH3 is 2. The molecule has 1 aromatic heterocycles. The van der Waals surface area contributed by atoms with Crippen LogP contribution in [-0.4, -0.2) is 25.3 Å². The van der Waals surface area contributed by atoms with Crippen molar-refractivity contribution in [1.29, 1.82) is 0 Å². The van der Waals surface area contributed by atoms with Gasteiger partial charge in [0.2, 0.25) is 0 Å². The molecular weight excluding hydrogens is 314 g/mol. The molecule has 5 nitrogen and oxygen atoms in total. The Morgan fingerprint density at radius 2 is 2.05 bits per heavy atom. The number of hydrogen-bond acceptors (Lipinski definition) is 5. The SMILES string of the molecule is COc1cc(OC)c(NCc2ccsc2C(=O)O)cc1Cl. The van der Waals surface area contributed by atoms with Crippen molar-refractivity contribution in [1.82, 2.24) is 0 Å². The average molecular weight is 328 g/mol. The lowest BCUT2D eigenvalue weighted by Gasteiger charge is -2.13. The number of nitrogens with one attached hydrogen (secondary N) is 1. The Morgan fingerprint density at radius 1 is 1.33 bits per heavy atom. The molecule has 0 aliphatic carbocycles. The first kappa shape index (κ1) is 15.5. The fourth-order valence-corrected chi connectivity index (χ4v) is 2.85. The van der Waals surface area contributed by atoms with Crippen LogP contribution in [0.5, 0.6) is 11.5 Å². The van der Waals surface area contributed by atoms with Crippen molar-refractivity contribution in [3.63, 3.8) is 0 Å². The molecule has 21 heavy (non-hydrogen) atoms. The highest BCUT2D eigenvalue weighted by molar-refractivity contribution is 7.12. The van der Waals surface area contributed by atoms with Crippen LogP contribution >= 0.6 is 22.9 Å². The molecule has 0 aliphatic rings. The Balaban J connectivity index is 2.21. The van der Waals surface area contributed by atoms with Gasteiger partial charge in [-0.2, -0.15) is 0 Å². The highest BCUT2D eigenvalue weighted by Gasteiger charge is 2.13. The summed E-state index contributed by atoms with van der Waals surface area (Å²) in [6.07, 6.45) is 0. The van der Waals surface area contributed by atoms with Crippen molar-refractivity contribution >= 4 is 34.6 Å². The van der Waals surface area contributed by atoms with E-state index in [2.05, 4.69) is 5.32 Å². The molecule has 112 valence electrons. The highest BCUT2D eigenvalue weighted by Crippen LogP contribution is 2.36.